The minimum atomic E-state index is -1.51. The summed E-state index contributed by atoms with van der Waals surface area (Å²) in [5.74, 6) is -3.95. The number of nitrogens with zero attached hydrogens (tertiary/aromatic N) is 3. The minimum Gasteiger partial charge on any atom is -0.455 e. The van der Waals surface area contributed by atoms with Gasteiger partial charge in [-0.05, 0) is 62.6 Å². The standard InChI is InChI=1S/C43H48N4O7/c1-4-45(5-2)31-20-22-32(23-21-31)46-26-14-8-13-19-35(49)44-28(3)38(30-17-11-7-12-18-30)53-42(52)36-34-24-25-43(54-34)37(36)40(50)47(39(43)41(46)51)33(27-48)29-15-9-6-10-16-29/h6-12,14-18,20-25,28,33-34,36-39,48H,4-5,13,19,26-27H2,1-3H3,(H,44,49)/b14-8-/t28-,33+,34+,36-,37-,38+,39+,43-/m0/s1. The number of cyclic esters (lactones) is 1. The molecule has 2 fully saturated rings. The highest BCUT2D eigenvalue weighted by Gasteiger charge is 2.74. The van der Waals surface area contributed by atoms with E-state index < -0.39 is 72.2 Å². The van der Waals surface area contributed by atoms with Crippen LogP contribution < -0.4 is 15.1 Å². The van der Waals surface area contributed by atoms with Crippen molar-refractivity contribution in [2.24, 2.45) is 11.8 Å². The maximum atomic E-state index is 15.4. The SMILES string of the molecule is CCN(CC)c1ccc(N2C/C=C\CCC(=O)N[C@@H](C)[C@H](c3ccccc3)OC(=O)[C@@H]3[C@H]4C(=O)N([C@H](CO)c5ccccc5)[C@H](C2=O)[C@]42C=C[C@H]3O2)cc1. The van der Waals surface area contributed by atoms with Crippen LogP contribution in [-0.2, 0) is 28.7 Å². The first-order valence-electron chi connectivity index (χ1n) is 18.9. The monoisotopic (exact) mass is 732 g/mol. The number of rotatable bonds is 8. The maximum Gasteiger partial charge on any atom is 0.313 e. The van der Waals surface area contributed by atoms with Crippen LogP contribution in [0.4, 0.5) is 11.4 Å². The molecule has 0 unspecified atom stereocenters. The van der Waals surface area contributed by atoms with Crippen molar-refractivity contribution in [1.82, 2.24) is 10.2 Å². The lowest BCUT2D eigenvalue weighted by Crippen LogP contribution is -2.57. The summed E-state index contributed by atoms with van der Waals surface area (Å²) >= 11 is 0. The van der Waals surface area contributed by atoms with Crippen molar-refractivity contribution in [3.63, 3.8) is 0 Å². The van der Waals surface area contributed by atoms with E-state index in [1.165, 1.54) is 4.90 Å². The number of ether oxygens (including phenoxy) is 2. The highest BCUT2D eigenvalue weighted by atomic mass is 16.6. The summed E-state index contributed by atoms with van der Waals surface area (Å²) < 4.78 is 13.0. The number of amides is 3. The number of nitrogens with one attached hydrogen (secondary N) is 1. The second kappa shape index (κ2) is 15.6. The van der Waals surface area contributed by atoms with Crippen molar-refractivity contribution in [1.29, 1.82) is 0 Å². The van der Waals surface area contributed by atoms with Crippen molar-refractivity contribution in [2.45, 2.75) is 69.5 Å². The van der Waals surface area contributed by atoms with Gasteiger partial charge in [-0.25, -0.2) is 0 Å². The number of aliphatic hydroxyl groups is 1. The molecule has 54 heavy (non-hydrogen) atoms. The smallest absolute Gasteiger partial charge is 0.313 e. The normalized spacial score (nSPS) is 29.5. The molecule has 3 aromatic rings. The first-order valence-corrected chi connectivity index (χ1v) is 18.9. The van der Waals surface area contributed by atoms with E-state index in [4.69, 9.17) is 9.47 Å². The van der Waals surface area contributed by atoms with Gasteiger partial charge in [0.2, 0.25) is 11.8 Å². The Morgan fingerprint density at radius 1 is 0.907 bits per heavy atom. The molecule has 3 amide bonds. The van der Waals surface area contributed by atoms with Gasteiger partial charge >= 0.3 is 5.97 Å². The van der Waals surface area contributed by atoms with Gasteiger partial charge in [0.25, 0.3) is 5.91 Å². The number of carbonyl (C=O) groups excluding carboxylic acids is 4. The van der Waals surface area contributed by atoms with Gasteiger partial charge < -0.3 is 34.6 Å². The molecule has 0 radical (unpaired) electrons. The molecule has 4 aliphatic heterocycles. The molecule has 3 aromatic carbocycles. The van der Waals surface area contributed by atoms with Crippen molar-refractivity contribution >= 4 is 35.1 Å². The second-order valence-corrected chi connectivity index (χ2v) is 14.3. The van der Waals surface area contributed by atoms with Crippen molar-refractivity contribution in [3.8, 4) is 0 Å². The van der Waals surface area contributed by atoms with Crippen molar-refractivity contribution in [2.75, 3.05) is 36.0 Å². The number of anilines is 2. The summed E-state index contributed by atoms with van der Waals surface area (Å²) in [6.07, 6.45) is 6.15. The van der Waals surface area contributed by atoms with Crippen LogP contribution in [0.25, 0.3) is 0 Å². The number of benzene rings is 3. The Kier molecular flexibility index (Phi) is 10.7. The third kappa shape index (κ3) is 6.60. The fourth-order valence-corrected chi connectivity index (χ4v) is 8.64. The summed E-state index contributed by atoms with van der Waals surface area (Å²) in [5.41, 5.74) is 1.44. The number of carbonyl (C=O) groups is 4. The first-order chi connectivity index (χ1) is 26.2. The van der Waals surface area contributed by atoms with Gasteiger partial charge in [0.15, 0.2) is 0 Å². The molecule has 0 saturated carbocycles. The zero-order chi connectivity index (χ0) is 38.0. The Labute approximate surface area is 316 Å². The van der Waals surface area contributed by atoms with E-state index in [1.54, 1.807) is 24.0 Å². The average Bonchev–Trinajstić information content (AvgIpc) is 3.84. The molecule has 7 rings (SSSR count). The third-order valence-corrected chi connectivity index (χ3v) is 11.3. The van der Waals surface area contributed by atoms with Gasteiger partial charge in [-0.2, -0.15) is 0 Å². The first kappa shape index (κ1) is 37.1. The van der Waals surface area contributed by atoms with Crippen LogP contribution in [0.5, 0.6) is 0 Å². The van der Waals surface area contributed by atoms with Gasteiger partial charge in [-0.3, -0.25) is 19.2 Å². The number of fused-ring (bicyclic) bond motifs is 2. The molecule has 0 aromatic heterocycles. The highest BCUT2D eigenvalue weighted by Crippen LogP contribution is 2.57. The maximum absolute atomic E-state index is 15.4. The fraction of sp³-hybridized carbons (Fsp3) is 0.395. The lowest BCUT2D eigenvalue weighted by Gasteiger charge is -2.39. The predicted molar refractivity (Wildman–Crippen MR) is 204 cm³/mol. The van der Waals surface area contributed by atoms with E-state index in [0.717, 1.165) is 18.8 Å². The molecule has 11 nitrogen and oxygen atoms in total. The summed E-state index contributed by atoms with van der Waals surface area (Å²) in [7, 11) is 0. The fourth-order valence-electron chi connectivity index (χ4n) is 8.64. The van der Waals surface area contributed by atoms with Crippen LogP contribution in [0, 0.1) is 11.8 Å². The van der Waals surface area contributed by atoms with E-state index in [0.29, 0.717) is 23.2 Å². The Morgan fingerprint density at radius 2 is 1.59 bits per heavy atom. The molecule has 8 atom stereocenters. The van der Waals surface area contributed by atoms with Gasteiger partial charge in [0.05, 0.1) is 30.7 Å². The number of hydrogen-bond donors (Lipinski definition) is 2. The summed E-state index contributed by atoms with van der Waals surface area (Å²) in [5, 5.41) is 14.0. The van der Waals surface area contributed by atoms with Gasteiger partial charge in [-0.15, -0.1) is 0 Å². The van der Waals surface area contributed by atoms with Crippen LogP contribution in [0.3, 0.4) is 0 Å². The number of likely N-dealkylation sites (tertiary alicyclic amines) is 1. The minimum absolute atomic E-state index is 0.143. The molecule has 4 heterocycles. The van der Waals surface area contributed by atoms with E-state index in [1.807, 2.05) is 97.1 Å². The largest absolute Gasteiger partial charge is 0.455 e. The van der Waals surface area contributed by atoms with Gasteiger partial charge in [0.1, 0.15) is 23.7 Å². The van der Waals surface area contributed by atoms with Crippen LogP contribution in [0.2, 0.25) is 0 Å². The Balaban J connectivity index is 1.35. The van der Waals surface area contributed by atoms with Crippen molar-refractivity contribution in [3.05, 3.63) is 120 Å². The molecular weight excluding hydrogens is 684 g/mol. The lowest BCUT2D eigenvalue weighted by molar-refractivity contribution is -0.161. The molecule has 1 spiro atoms. The Bertz CT molecular complexity index is 1900. The summed E-state index contributed by atoms with van der Waals surface area (Å²) in [4.78, 5) is 63.3. The third-order valence-electron chi connectivity index (χ3n) is 11.3. The molecular formula is C43H48N4O7. The van der Waals surface area contributed by atoms with E-state index >= 15 is 9.59 Å². The van der Waals surface area contributed by atoms with E-state index in [9.17, 15) is 14.7 Å². The van der Waals surface area contributed by atoms with Gasteiger partial charge in [-0.1, -0.05) is 85.0 Å². The van der Waals surface area contributed by atoms with E-state index in [-0.39, 0.29) is 18.9 Å². The lowest BCUT2D eigenvalue weighted by atomic mass is 9.74. The van der Waals surface area contributed by atoms with Crippen LogP contribution >= 0.6 is 0 Å². The second-order valence-electron chi connectivity index (χ2n) is 14.3. The quantitative estimate of drug-likeness (QED) is 0.248. The molecule has 4 aliphatic rings. The predicted octanol–water partition coefficient (Wildman–Crippen LogP) is 4.89. The molecule has 5 bridgehead atoms. The molecule has 2 N–H and O–H groups in total. The van der Waals surface area contributed by atoms with Crippen LogP contribution in [-0.4, -0.2) is 83.7 Å². The highest BCUT2D eigenvalue weighted by molar-refractivity contribution is 6.05. The number of aliphatic hydroxyl groups excluding tert-OH is 1. The van der Waals surface area contributed by atoms with Gasteiger partial charge in [0, 0.05) is 37.4 Å². The van der Waals surface area contributed by atoms with Crippen molar-refractivity contribution < 1.29 is 33.8 Å². The van der Waals surface area contributed by atoms with Crippen LogP contribution in [0.15, 0.2) is 109 Å². The Hall–Kier alpha value is -5.26. The van der Waals surface area contributed by atoms with E-state index in [2.05, 4.69) is 24.1 Å². The molecule has 11 heteroatoms. The zero-order valence-electron chi connectivity index (χ0n) is 30.9. The number of allylic oxidation sites excluding steroid dienone is 1. The topological polar surface area (TPSA) is 129 Å². The molecule has 2 saturated heterocycles. The number of hydrogen-bond acceptors (Lipinski definition) is 8. The Morgan fingerprint density at radius 3 is 2.26 bits per heavy atom. The average molecular weight is 733 g/mol. The van der Waals surface area contributed by atoms with Crippen LogP contribution in [0.1, 0.15) is 56.9 Å². The summed E-state index contributed by atoms with van der Waals surface area (Å²) in [6, 6.07) is 23.3. The molecule has 0 aliphatic carbocycles. The molecule has 282 valence electrons. The number of esters is 1. The zero-order valence-corrected chi connectivity index (χ0v) is 30.9. The summed E-state index contributed by atoms with van der Waals surface area (Å²) in [6.45, 7) is 7.28.